The number of para-hydroxylation sites is 1. The molecular weight excluding hydrogens is 365 g/mol. The number of halogens is 3. The summed E-state index contributed by atoms with van der Waals surface area (Å²) in [6, 6.07) is 20.6. The van der Waals surface area contributed by atoms with Crippen LogP contribution in [0.15, 0.2) is 66.7 Å². The summed E-state index contributed by atoms with van der Waals surface area (Å²) in [5.74, 6) is 0.680. The number of methoxy groups -OCH3 is 1. The lowest BCUT2D eigenvalue weighted by Crippen LogP contribution is -2.11. The summed E-state index contributed by atoms with van der Waals surface area (Å²) in [5, 5.41) is 1.77. The predicted molar refractivity (Wildman–Crippen MR) is 103 cm³/mol. The van der Waals surface area contributed by atoms with Crippen LogP contribution in [0.1, 0.15) is 0 Å². The Morgan fingerprint density at radius 3 is 2.04 bits per heavy atom. The Balaban J connectivity index is 2.28. The molecule has 0 saturated carbocycles. The Hall–Kier alpha value is -1.87. The molecule has 0 unspecified atom stereocenters. The first-order valence-electron chi connectivity index (χ1n) is 7.24. The lowest BCUT2D eigenvalue weighted by Gasteiger charge is -2.28. The van der Waals surface area contributed by atoms with Crippen molar-refractivity contribution in [3.8, 4) is 5.75 Å². The van der Waals surface area contributed by atoms with Gasteiger partial charge in [0.1, 0.15) is 5.75 Å². The summed E-state index contributed by atoms with van der Waals surface area (Å²) >= 11 is 18.9. The van der Waals surface area contributed by atoms with Crippen LogP contribution in [0.2, 0.25) is 15.1 Å². The van der Waals surface area contributed by atoms with Gasteiger partial charge in [-0.2, -0.15) is 0 Å². The molecule has 0 heterocycles. The Morgan fingerprint density at radius 1 is 0.750 bits per heavy atom. The van der Waals surface area contributed by atoms with Crippen molar-refractivity contribution in [1.82, 2.24) is 0 Å². The molecule has 0 fully saturated rings. The SMILES string of the molecule is COc1ccc(Cl)cc1N(c1ccccc1)c1cc(Cl)ccc1Cl. The lowest BCUT2D eigenvalue weighted by atomic mass is 10.2. The highest BCUT2D eigenvalue weighted by Crippen LogP contribution is 2.44. The van der Waals surface area contributed by atoms with Gasteiger partial charge in [-0.05, 0) is 48.5 Å². The van der Waals surface area contributed by atoms with Crippen molar-refractivity contribution in [1.29, 1.82) is 0 Å². The molecule has 3 aromatic rings. The first-order chi connectivity index (χ1) is 11.6. The van der Waals surface area contributed by atoms with Gasteiger partial charge in [-0.25, -0.2) is 0 Å². The van der Waals surface area contributed by atoms with E-state index < -0.39 is 0 Å². The van der Waals surface area contributed by atoms with Crippen molar-refractivity contribution in [2.75, 3.05) is 12.0 Å². The molecule has 122 valence electrons. The smallest absolute Gasteiger partial charge is 0.142 e. The van der Waals surface area contributed by atoms with E-state index in [1.165, 1.54) is 0 Å². The first kappa shape index (κ1) is 17.0. The fourth-order valence-electron chi connectivity index (χ4n) is 2.48. The summed E-state index contributed by atoms with van der Waals surface area (Å²) < 4.78 is 5.52. The molecule has 5 heteroatoms. The highest BCUT2D eigenvalue weighted by atomic mass is 35.5. The molecule has 0 saturated heterocycles. The number of hydrogen-bond donors (Lipinski definition) is 0. The van der Waals surface area contributed by atoms with Crippen LogP contribution in [0.5, 0.6) is 5.75 Å². The molecule has 24 heavy (non-hydrogen) atoms. The molecular formula is C19H14Cl3NO. The van der Waals surface area contributed by atoms with Crippen molar-refractivity contribution in [2.45, 2.75) is 0 Å². The first-order valence-corrected chi connectivity index (χ1v) is 8.37. The Bertz CT molecular complexity index is 852. The minimum absolute atomic E-state index is 0.574. The van der Waals surface area contributed by atoms with Gasteiger partial charge < -0.3 is 9.64 Å². The molecule has 0 spiro atoms. The van der Waals surface area contributed by atoms with Crippen LogP contribution in [-0.2, 0) is 0 Å². The van der Waals surface area contributed by atoms with E-state index in [1.54, 1.807) is 25.3 Å². The maximum atomic E-state index is 6.45. The molecule has 0 aromatic heterocycles. The average Bonchev–Trinajstić information content (AvgIpc) is 2.59. The van der Waals surface area contributed by atoms with Crippen molar-refractivity contribution < 1.29 is 4.74 Å². The fraction of sp³-hybridized carbons (Fsp3) is 0.0526. The minimum atomic E-state index is 0.574. The van der Waals surface area contributed by atoms with E-state index in [-0.39, 0.29) is 0 Å². The van der Waals surface area contributed by atoms with Crippen molar-refractivity contribution in [2.24, 2.45) is 0 Å². The minimum Gasteiger partial charge on any atom is -0.495 e. The quantitative estimate of drug-likeness (QED) is 0.479. The summed E-state index contributed by atoms with van der Waals surface area (Å²) in [6.45, 7) is 0. The molecule has 0 bridgehead atoms. The summed E-state index contributed by atoms with van der Waals surface area (Å²) in [4.78, 5) is 1.97. The summed E-state index contributed by atoms with van der Waals surface area (Å²) in [5.41, 5.74) is 2.44. The molecule has 0 radical (unpaired) electrons. The van der Waals surface area contributed by atoms with Crippen LogP contribution in [0.3, 0.4) is 0 Å². The second-order valence-electron chi connectivity index (χ2n) is 5.08. The average molecular weight is 379 g/mol. The standard InChI is InChI=1S/C19H14Cl3NO/c1-24-19-10-8-14(21)12-18(19)23(15-5-3-2-4-6-15)17-11-13(20)7-9-16(17)22/h2-12H,1H3. The Kier molecular flexibility index (Phi) is 5.20. The maximum absolute atomic E-state index is 6.45. The molecule has 0 amide bonds. The Labute approximate surface area is 156 Å². The molecule has 0 aliphatic carbocycles. The summed E-state index contributed by atoms with van der Waals surface area (Å²) in [7, 11) is 1.62. The third kappa shape index (κ3) is 3.46. The van der Waals surface area contributed by atoms with Crippen LogP contribution in [0, 0.1) is 0 Å². The zero-order valence-corrected chi connectivity index (χ0v) is 15.1. The van der Waals surface area contributed by atoms with Crippen LogP contribution < -0.4 is 9.64 Å². The second kappa shape index (κ2) is 7.35. The Morgan fingerprint density at radius 2 is 1.38 bits per heavy atom. The maximum Gasteiger partial charge on any atom is 0.142 e. The highest BCUT2D eigenvalue weighted by Gasteiger charge is 2.19. The van der Waals surface area contributed by atoms with E-state index in [9.17, 15) is 0 Å². The molecule has 0 aliphatic rings. The topological polar surface area (TPSA) is 12.5 Å². The number of benzene rings is 3. The van der Waals surface area contributed by atoms with E-state index >= 15 is 0 Å². The number of anilines is 3. The molecule has 2 nitrogen and oxygen atoms in total. The third-order valence-electron chi connectivity index (χ3n) is 3.55. The monoisotopic (exact) mass is 377 g/mol. The van der Waals surface area contributed by atoms with Crippen LogP contribution in [0.4, 0.5) is 17.1 Å². The van der Waals surface area contributed by atoms with E-state index in [4.69, 9.17) is 39.5 Å². The van der Waals surface area contributed by atoms with Gasteiger partial charge in [0.15, 0.2) is 0 Å². The van der Waals surface area contributed by atoms with Gasteiger partial charge in [0, 0.05) is 15.7 Å². The zero-order chi connectivity index (χ0) is 17.1. The largest absolute Gasteiger partial charge is 0.495 e. The zero-order valence-electron chi connectivity index (χ0n) is 12.8. The summed E-state index contributed by atoms with van der Waals surface area (Å²) in [6.07, 6.45) is 0. The predicted octanol–water partition coefficient (Wildman–Crippen LogP) is 7.13. The van der Waals surface area contributed by atoms with Gasteiger partial charge in [-0.15, -0.1) is 0 Å². The number of ether oxygens (including phenoxy) is 1. The van der Waals surface area contributed by atoms with Gasteiger partial charge in [0.05, 0.1) is 23.5 Å². The fourth-order valence-corrected chi connectivity index (χ4v) is 3.01. The number of rotatable bonds is 4. The third-order valence-corrected chi connectivity index (χ3v) is 4.34. The van der Waals surface area contributed by atoms with E-state index in [0.717, 1.165) is 17.1 Å². The number of hydrogen-bond acceptors (Lipinski definition) is 2. The van der Waals surface area contributed by atoms with E-state index in [2.05, 4.69) is 0 Å². The van der Waals surface area contributed by atoms with Crippen LogP contribution in [0.25, 0.3) is 0 Å². The van der Waals surface area contributed by atoms with Gasteiger partial charge >= 0.3 is 0 Å². The van der Waals surface area contributed by atoms with E-state index in [0.29, 0.717) is 20.8 Å². The number of nitrogens with zero attached hydrogens (tertiary/aromatic N) is 1. The normalized spacial score (nSPS) is 10.5. The van der Waals surface area contributed by atoms with Gasteiger partial charge in [-0.3, -0.25) is 0 Å². The van der Waals surface area contributed by atoms with Crippen molar-refractivity contribution in [3.63, 3.8) is 0 Å². The highest BCUT2D eigenvalue weighted by molar-refractivity contribution is 6.35. The molecule has 3 aromatic carbocycles. The van der Waals surface area contributed by atoms with Crippen LogP contribution in [-0.4, -0.2) is 7.11 Å². The second-order valence-corrected chi connectivity index (χ2v) is 6.36. The van der Waals surface area contributed by atoms with Gasteiger partial charge in [0.2, 0.25) is 0 Å². The van der Waals surface area contributed by atoms with Gasteiger partial charge in [-0.1, -0.05) is 53.0 Å². The lowest BCUT2D eigenvalue weighted by molar-refractivity contribution is 0.416. The van der Waals surface area contributed by atoms with Crippen LogP contribution >= 0.6 is 34.8 Å². The van der Waals surface area contributed by atoms with Crippen molar-refractivity contribution in [3.05, 3.63) is 81.8 Å². The molecule has 0 aliphatic heterocycles. The molecule has 0 N–H and O–H groups in total. The molecule has 0 atom stereocenters. The van der Waals surface area contributed by atoms with Crippen molar-refractivity contribution >= 4 is 51.9 Å². The van der Waals surface area contributed by atoms with Gasteiger partial charge in [0.25, 0.3) is 0 Å². The van der Waals surface area contributed by atoms with E-state index in [1.807, 2.05) is 53.4 Å². The molecule has 3 rings (SSSR count).